The Kier molecular flexibility index (Phi) is 3.55. The van der Waals surface area contributed by atoms with Crippen molar-refractivity contribution in [1.82, 2.24) is 5.32 Å². The third-order valence-corrected chi connectivity index (χ3v) is 4.12. The molecule has 1 N–H and O–H groups in total. The Morgan fingerprint density at radius 2 is 2.30 bits per heavy atom. The molecule has 1 amide bonds. The van der Waals surface area contributed by atoms with Gasteiger partial charge in [0.25, 0.3) is 0 Å². The van der Waals surface area contributed by atoms with Crippen molar-refractivity contribution in [2.45, 2.75) is 32.7 Å². The third kappa shape index (κ3) is 2.47. The molecule has 2 heterocycles. The number of hydrogen-bond donors (Lipinski definition) is 1. The number of anilines is 1. The van der Waals surface area contributed by atoms with Crippen LogP contribution in [0.1, 0.15) is 25.8 Å². The third-order valence-electron chi connectivity index (χ3n) is 4.12. The van der Waals surface area contributed by atoms with Crippen LogP contribution in [0.5, 0.6) is 5.75 Å². The van der Waals surface area contributed by atoms with Gasteiger partial charge in [0.2, 0.25) is 5.91 Å². The maximum Gasteiger partial charge on any atom is 0.222 e. The number of hydrogen-bond acceptors (Lipinski definition) is 3. The molecule has 20 heavy (non-hydrogen) atoms. The molecule has 2 aliphatic rings. The lowest BCUT2D eigenvalue weighted by molar-refractivity contribution is -0.124. The van der Waals surface area contributed by atoms with Crippen molar-refractivity contribution >= 4 is 11.6 Å². The molecule has 4 heteroatoms. The van der Waals surface area contributed by atoms with E-state index < -0.39 is 0 Å². The van der Waals surface area contributed by atoms with Crippen molar-refractivity contribution in [3.05, 3.63) is 23.8 Å². The summed E-state index contributed by atoms with van der Waals surface area (Å²) < 4.78 is 5.63. The second-order valence-electron chi connectivity index (χ2n) is 5.95. The van der Waals surface area contributed by atoms with E-state index in [-0.39, 0.29) is 17.9 Å². The Labute approximate surface area is 120 Å². The van der Waals surface area contributed by atoms with E-state index in [2.05, 4.69) is 22.3 Å². The van der Waals surface area contributed by atoms with Crippen LogP contribution in [0.4, 0.5) is 5.69 Å². The van der Waals surface area contributed by atoms with E-state index >= 15 is 0 Å². The standard InChI is InChI=1S/C16H22N2O2/c1-11(2)16(19)17-12-6-8-18(10-12)14-4-3-5-15-13(14)7-9-20-15/h3-5,11-12H,6-10H2,1-2H3,(H,17,19)/t12-/m0/s1. The van der Waals surface area contributed by atoms with Gasteiger partial charge in [-0.1, -0.05) is 19.9 Å². The molecule has 0 aliphatic carbocycles. The van der Waals surface area contributed by atoms with E-state index in [1.54, 1.807) is 0 Å². The Balaban J connectivity index is 1.69. The quantitative estimate of drug-likeness (QED) is 0.916. The zero-order valence-corrected chi connectivity index (χ0v) is 12.2. The Morgan fingerprint density at radius 3 is 3.10 bits per heavy atom. The molecule has 4 nitrogen and oxygen atoms in total. The van der Waals surface area contributed by atoms with Gasteiger partial charge in [-0.25, -0.2) is 0 Å². The molecule has 1 atom stereocenters. The number of rotatable bonds is 3. The number of nitrogens with zero attached hydrogens (tertiary/aromatic N) is 1. The minimum atomic E-state index is 0.0541. The smallest absolute Gasteiger partial charge is 0.222 e. The topological polar surface area (TPSA) is 41.6 Å². The van der Waals surface area contributed by atoms with E-state index in [1.807, 2.05) is 19.9 Å². The molecule has 3 rings (SSSR count). The van der Waals surface area contributed by atoms with Gasteiger partial charge in [-0.2, -0.15) is 0 Å². The highest BCUT2D eigenvalue weighted by Gasteiger charge is 2.27. The van der Waals surface area contributed by atoms with Gasteiger partial charge >= 0.3 is 0 Å². The summed E-state index contributed by atoms with van der Waals surface area (Å²) in [6.07, 6.45) is 2.01. The van der Waals surface area contributed by atoms with Gasteiger partial charge in [0.05, 0.1) is 6.61 Å². The minimum Gasteiger partial charge on any atom is -0.493 e. The zero-order chi connectivity index (χ0) is 14.1. The monoisotopic (exact) mass is 274 g/mol. The van der Waals surface area contributed by atoms with E-state index in [9.17, 15) is 4.79 Å². The number of carbonyl (C=O) groups is 1. The summed E-state index contributed by atoms with van der Waals surface area (Å²) in [5, 5.41) is 3.13. The molecule has 0 unspecified atom stereocenters. The number of nitrogens with one attached hydrogen (secondary N) is 1. The van der Waals surface area contributed by atoms with Gasteiger partial charge in [0, 0.05) is 42.7 Å². The molecule has 0 bridgehead atoms. The first-order valence-electron chi connectivity index (χ1n) is 7.45. The summed E-state index contributed by atoms with van der Waals surface area (Å²) in [6.45, 7) is 6.55. The fraction of sp³-hybridized carbons (Fsp3) is 0.562. The second-order valence-corrected chi connectivity index (χ2v) is 5.95. The van der Waals surface area contributed by atoms with Crippen LogP contribution < -0.4 is 15.0 Å². The first kappa shape index (κ1) is 13.3. The van der Waals surface area contributed by atoms with Crippen LogP contribution in [0.25, 0.3) is 0 Å². The molecular formula is C16H22N2O2. The van der Waals surface area contributed by atoms with E-state index in [0.29, 0.717) is 0 Å². The Morgan fingerprint density at radius 1 is 1.45 bits per heavy atom. The summed E-state index contributed by atoms with van der Waals surface area (Å²) in [5.41, 5.74) is 2.60. The summed E-state index contributed by atoms with van der Waals surface area (Å²) >= 11 is 0. The number of ether oxygens (including phenoxy) is 1. The van der Waals surface area contributed by atoms with Crippen molar-refractivity contribution < 1.29 is 9.53 Å². The lowest BCUT2D eigenvalue weighted by Crippen LogP contribution is -2.39. The number of benzene rings is 1. The molecule has 0 aromatic heterocycles. The predicted octanol–water partition coefficient (Wildman–Crippen LogP) is 1.97. The molecule has 0 spiro atoms. The number of fused-ring (bicyclic) bond motifs is 1. The van der Waals surface area contributed by atoms with E-state index in [4.69, 9.17) is 4.74 Å². The Bertz CT molecular complexity index is 513. The van der Waals surface area contributed by atoms with Gasteiger partial charge in [-0.3, -0.25) is 4.79 Å². The fourth-order valence-corrected chi connectivity index (χ4v) is 2.96. The minimum absolute atomic E-state index is 0.0541. The average Bonchev–Trinajstić information content (AvgIpc) is 3.06. The largest absolute Gasteiger partial charge is 0.493 e. The highest BCUT2D eigenvalue weighted by atomic mass is 16.5. The van der Waals surface area contributed by atoms with Crippen LogP contribution in [-0.2, 0) is 11.2 Å². The average molecular weight is 274 g/mol. The Hall–Kier alpha value is -1.71. The van der Waals surface area contributed by atoms with Crippen LogP contribution >= 0.6 is 0 Å². The molecule has 1 fully saturated rings. The summed E-state index contributed by atoms with van der Waals surface area (Å²) in [7, 11) is 0. The van der Waals surface area contributed by atoms with Crippen LogP contribution in [0.2, 0.25) is 0 Å². The zero-order valence-electron chi connectivity index (χ0n) is 12.2. The van der Waals surface area contributed by atoms with Gasteiger partial charge in [-0.15, -0.1) is 0 Å². The van der Waals surface area contributed by atoms with Crippen LogP contribution in [0.15, 0.2) is 18.2 Å². The normalized spacial score (nSPS) is 20.9. The fourth-order valence-electron chi connectivity index (χ4n) is 2.96. The van der Waals surface area contributed by atoms with Gasteiger partial charge in [-0.05, 0) is 18.6 Å². The van der Waals surface area contributed by atoms with E-state index in [1.165, 1.54) is 11.3 Å². The first-order chi connectivity index (χ1) is 9.65. The molecule has 108 valence electrons. The molecule has 0 radical (unpaired) electrons. The summed E-state index contributed by atoms with van der Waals surface area (Å²) in [4.78, 5) is 14.2. The molecule has 2 aliphatic heterocycles. The number of amides is 1. The lowest BCUT2D eigenvalue weighted by atomic mass is 10.1. The van der Waals surface area contributed by atoms with Crippen molar-refractivity contribution in [3.63, 3.8) is 0 Å². The van der Waals surface area contributed by atoms with E-state index in [0.717, 1.165) is 38.3 Å². The SMILES string of the molecule is CC(C)C(=O)N[C@H]1CCN(c2cccc3c2CCO3)C1. The molecular weight excluding hydrogens is 252 g/mol. The van der Waals surface area contributed by atoms with Crippen LogP contribution in [0.3, 0.4) is 0 Å². The van der Waals surface area contributed by atoms with Gasteiger partial charge in [0.1, 0.15) is 5.75 Å². The van der Waals surface area contributed by atoms with Crippen molar-refractivity contribution in [1.29, 1.82) is 0 Å². The molecule has 1 saturated heterocycles. The van der Waals surface area contributed by atoms with Crippen molar-refractivity contribution in [3.8, 4) is 5.75 Å². The molecule has 0 saturated carbocycles. The lowest BCUT2D eigenvalue weighted by Gasteiger charge is -2.21. The number of carbonyl (C=O) groups excluding carboxylic acids is 1. The highest BCUT2D eigenvalue weighted by molar-refractivity contribution is 5.78. The van der Waals surface area contributed by atoms with Crippen molar-refractivity contribution in [2.24, 2.45) is 5.92 Å². The summed E-state index contributed by atoms with van der Waals surface area (Å²) in [5.74, 6) is 1.23. The molecule has 1 aromatic carbocycles. The predicted molar refractivity (Wildman–Crippen MR) is 79.2 cm³/mol. The van der Waals surface area contributed by atoms with Gasteiger partial charge < -0.3 is 15.0 Å². The maximum atomic E-state index is 11.8. The maximum absolute atomic E-state index is 11.8. The van der Waals surface area contributed by atoms with Gasteiger partial charge in [0.15, 0.2) is 0 Å². The highest BCUT2D eigenvalue weighted by Crippen LogP contribution is 2.35. The van der Waals surface area contributed by atoms with Crippen LogP contribution in [-0.4, -0.2) is 31.6 Å². The van der Waals surface area contributed by atoms with Crippen LogP contribution in [0, 0.1) is 5.92 Å². The molecule has 1 aromatic rings. The summed E-state index contributed by atoms with van der Waals surface area (Å²) in [6, 6.07) is 6.53. The second kappa shape index (κ2) is 5.35. The van der Waals surface area contributed by atoms with Crippen molar-refractivity contribution in [2.75, 3.05) is 24.6 Å². The first-order valence-corrected chi connectivity index (χ1v) is 7.45.